The number of amides is 3. The number of piperazine rings is 1. The van der Waals surface area contributed by atoms with Crippen LogP contribution in [0.1, 0.15) is 35.7 Å². The van der Waals surface area contributed by atoms with Crippen LogP contribution in [0.4, 0.5) is 31.1 Å². The Balaban J connectivity index is 1.73. The predicted octanol–water partition coefficient (Wildman–Crippen LogP) is 4.18. The van der Waals surface area contributed by atoms with Crippen LogP contribution in [0.5, 0.6) is 0 Å². The molecular formula is C21H17ClF6N4O2. The van der Waals surface area contributed by atoms with E-state index in [4.69, 9.17) is 11.6 Å². The Bertz CT molecular complexity index is 1140. The number of aromatic nitrogens is 1. The first-order chi connectivity index (χ1) is 16.0. The molecule has 34 heavy (non-hydrogen) atoms. The van der Waals surface area contributed by atoms with Gasteiger partial charge in [0.25, 0.3) is 0 Å². The van der Waals surface area contributed by atoms with E-state index in [0.717, 1.165) is 25.0 Å². The van der Waals surface area contributed by atoms with Gasteiger partial charge >= 0.3 is 12.2 Å². The number of nitrogens with zero attached hydrogens (tertiary/aromatic N) is 2. The summed E-state index contributed by atoms with van der Waals surface area (Å²) in [6.45, 7) is 0.283. The number of urea groups is 1. The fourth-order valence-electron chi connectivity index (χ4n) is 3.92. The number of halogens is 7. The molecule has 0 bridgehead atoms. The van der Waals surface area contributed by atoms with E-state index >= 15 is 0 Å². The summed E-state index contributed by atoms with van der Waals surface area (Å²) in [4.78, 5) is 29.8. The molecular weight excluding hydrogens is 490 g/mol. The van der Waals surface area contributed by atoms with Gasteiger partial charge in [0, 0.05) is 30.4 Å². The van der Waals surface area contributed by atoms with Crippen molar-refractivity contribution in [2.45, 2.75) is 31.1 Å². The average molecular weight is 507 g/mol. The second-order valence-corrected chi connectivity index (χ2v) is 8.39. The zero-order valence-electron chi connectivity index (χ0n) is 17.2. The van der Waals surface area contributed by atoms with Crippen molar-refractivity contribution in [1.29, 1.82) is 0 Å². The maximum atomic E-state index is 14.8. The molecule has 2 heterocycles. The molecule has 6 nitrogen and oxygen atoms in total. The Kier molecular flexibility index (Phi) is 6.36. The first-order valence-electron chi connectivity index (χ1n) is 10.2. The summed E-state index contributed by atoms with van der Waals surface area (Å²) in [5, 5.41) is 4.17. The summed E-state index contributed by atoms with van der Waals surface area (Å²) < 4.78 is 81.6. The van der Waals surface area contributed by atoms with Crippen molar-refractivity contribution in [3.63, 3.8) is 0 Å². The van der Waals surface area contributed by atoms with Crippen LogP contribution >= 0.6 is 11.6 Å². The standard InChI is InChI=1S/C21H17ClF6N4O2/c22-14-12(23)4-3-11(15(14)25)16(10-7-13(24)18(30-8-10)21(26,27)28)31-20(34)32-6-5-29-19(33)17(32)9-1-2-9/h3-4,7-9,16-17H,1-2,5-6H2,(H,29,33)(H,31,34). The van der Waals surface area contributed by atoms with Crippen LogP contribution in [0.15, 0.2) is 24.4 Å². The molecule has 1 aromatic carbocycles. The number of rotatable bonds is 4. The minimum Gasteiger partial charge on any atom is -0.353 e. The van der Waals surface area contributed by atoms with Crippen LogP contribution < -0.4 is 10.6 Å². The quantitative estimate of drug-likeness (QED) is 0.483. The summed E-state index contributed by atoms with van der Waals surface area (Å²) in [5.74, 6) is -4.56. The summed E-state index contributed by atoms with van der Waals surface area (Å²) in [7, 11) is 0. The third-order valence-corrected chi connectivity index (χ3v) is 6.04. The fourth-order valence-corrected chi connectivity index (χ4v) is 4.10. The fraction of sp³-hybridized carbons (Fsp3) is 0.381. The number of carbonyl (C=O) groups is 2. The molecule has 2 fully saturated rings. The number of carbonyl (C=O) groups excluding carboxylic acids is 2. The molecule has 2 aliphatic rings. The third-order valence-electron chi connectivity index (χ3n) is 5.69. The van der Waals surface area contributed by atoms with E-state index in [-0.39, 0.29) is 30.5 Å². The van der Waals surface area contributed by atoms with Crippen LogP contribution in [-0.2, 0) is 11.0 Å². The summed E-state index contributed by atoms with van der Waals surface area (Å²) in [6.07, 6.45) is -3.00. The maximum Gasteiger partial charge on any atom is 0.436 e. The Labute approximate surface area is 194 Å². The van der Waals surface area contributed by atoms with Gasteiger partial charge in [0.05, 0.1) is 6.04 Å². The third kappa shape index (κ3) is 4.63. The van der Waals surface area contributed by atoms with E-state index < -0.39 is 58.0 Å². The number of nitrogens with one attached hydrogen (secondary N) is 2. The van der Waals surface area contributed by atoms with Crippen molar-refractivity contribution in [1.82, 2.24) is 20.5 Å². The van der Waals surface area contributed by atoms with E-state index in [1.165, 1.54) is 4.90 Å². The van der Waals surface area contributed by atoms with Crippen molar-refractivity contribution in [2.24, 2.45) is 5.92 Å². The highest BCUT2D eigenvalue weighted by molar-refractivity contribution is 6.31. The van der Waals surface area contributed by atoms with E-state index in [1.807, 2.05) is 0 Å². The summed E-state index contributed by atoms with van der Waals surface area (Å²) in [5.41, 5.74) is -2.56. The molecule has 2 N–H and O–H groups in total. The summed E-state index contributed by atoms with van der Waals surface area (Å²) >= 11 is 5.64. The van der Waals surface area contributed by atoms with Crippen LogP contribution in [-0.4, -0.2) is 41.0 Å². The lowest BCUT2D eigenvalue weighted by atomic mass is 9.98. The van der Waals surface area contributed by atoms with Gasteiger partial charge < -0.3 is 15.5 Å². The molecule has 4 rings (SSSR count). The molecule has 1 aliphatic carbocycles. The molecule has 1 saturated heterocycles. The molecule has 2 aromatic rings. The van der Waals surface area contributed by atoms with Crippen molar-refractivity contribution in [2.75, 3.05) is 13.1 Å². The van der Waals surface area contributed by atoms with Crippen molar-refractivity contribution in [3.05, 3.63) is 63.7 Å². The van der Waals surface area contributed by atoms with Gasteiger partial charge in [-0.3, -0.25) is 4.79 Å². The minimum absolute atomic E-state index is 0.0633. The van der Waals surface area contributed by atoms with Gasteiger partial charge in [-0.05, 0) is 30.9 Å². The highest BCUT2D eigenvalue weighted by Crippen LogP contribution is 2.37. The van der Waals surface area contributed by atoms with E-state index in [9.17, 15) is 35.9 Å². The predicted molar refractivity (Wildman–Crippen MR) is 107 cm³/mol. The maximum absolute atomic E-state index is 14.8. The molecule has 2 unspecified atom stereocenters. The van der Waals surface area contributed by atoms with Gasteiger partial charge in [-0.2, -0.15) is 13.2 Å². The first kappa shape index (κ1) is 24.1. The van der Waals surface area contributed by atoms with Crippen LogP contribution in [0.25, 0.3) is 0 Å². The highest BCUT2D eigenvalue weighted by Gasteiger charge is 2.44. The van der Waals surface area contributed by atoms with Crippen LogP contribution in [0, 0.1) is 23.4 Å². The van der Waals surface area contributed by atoms with Gasteiger partial charge in [0.2, 0.25) is 5.91 Å². The average Bonchev–Trinajstić information content (AvgIpc) is 3.60. The molecule has 2 atom stereocenters. The van der Waals surface area contributed by atoms with E-state index in [1.54, 1.807) is 0 Å². The molecule has 182 valence electrons. The normalized spacial score (nSPS) is 19.6. The van der Waals surface area contributed by atoms with Gasteiger partial charge in [0.15, 0.2) is 11.5 Å². The second kappa shape index (κ2) is 8.97. The van der Waals surface area contributed by atoms with E-state index in [0.29, 0.717) is 12.3 Å². The lowest BCUT2D eigenvalue weighted by Crippen LogP contribution is -2.60. The van der Waals surface area contributed by atoms with Crippen molar-refractivity contribution < 1.29 is 35.9 Å². The second-order valence-electron chi connectivity index (χ2n) is 8.01. The molecule has 3 amide bonds. The largest absolute Gasteiger partial charge is 0.436 e. The van der Waals surface area contributed by atoms with E-state index in [2.05, 4.69) is 15.6 Å². The SMILES string of the molecule is O=C1NCCN(C(=O)NC(c2cnc(C(F)(F)F)c(F)c2)c2ccc(F)c(Cl)c2F)C1C1CC1. The molecule has 0 spiro atoms. The monoisotopic (exact) mass is 506 g/mol. The Hall–Kier alpha value is -3.02. The Morgan fingerprint density at radius 3 is 2.53 bits per heavy atom. The Morgan fingerprint density at radius 2 is 1.91 bits per heavy atom. The zero-order chi connectivity index (χ0) is 24.8. The number of pyridine rings is 1. The lowest BCUT2D eigenvalue weighted by molar-refractivity contribution is -0.143. The zero-order valence-corrected chi connectivity index (χ0v) is 18.0. The van der Waals surface area contributed by atoms with Crippen molar-refractivity contribution >= 4 is 23.5 Å². The first-order valence-corrected chi connectivity index (χ1v) is 10.6. The van der Waals surface area contributed by atoms with Crippen molar-refractivity contribution in [3.8, 4) is 0 Å². The lowest BCUT2D eigenvalue weighted by Gasteiger charge is -2.36. The number of alkyl halides is 3. The van der Waals surface area contributed by atoms with Crippen LogP contribution in [0.2, 0.25) is 5.02 Å². The minimum atomic E-state index is -5.08. The number of hydrogen-bond acceptors (Lipinski definition) is 3. The topological polar surface area (TPSA) is 74.3 Å². The number of benzene rings is 1. The molecule has 0 radical (unpaired) electrons. The smallest absolute Gasteiger partial charge is 0.353 e. The number of hydrogen-bond donors (Lipinski definition) is 2. The van der Waals surface area contributed by atoms with Gasteiger partial charge in [-0.25, -0.2) is 22.9 Å². The van der Waals surface area contributed by atoms with Gasteiger partial charge in [-0.15, -0.1) is 0 Å². The Morgan fingerprint density at radius 1 is 1.21 bits per heavy atom. The van der Waals surface area contributed by atoms with Gasteiger partial charge in [0.1, 0.15) is 22.7 Å². The molecule has 1 aliphatic heterocycles. The molecule has 13 heteroatoms. The highest BCUT2D eigenvalue weighted by atomic mass is 35.5. The molecule has 1 saturated carbocycles. The molecule has 1 aromatic heterocycles. The van der Waals surface area contributed by atoms with Gasteiger partial charge in [-0.1, -0.05) is 17.7 Å². The summed E-state index contributed by atoms with van der Waals surface area (Å²) in [6, 6.07) is -1.01. The van der Waals surface area contributed by atoms with Crippen LogP contribution in [0.3, 0.4) is 0 Å².